The summed E-state index contributed by atoms with van der Waals surface area (Å²) in [5, 5.41) is 0. The number of halogens is 3. The highest BCUT2D eigenvalue weighted by atomic mass is 19.4. The predicted octanol–water partition coefficient (Wildman–Crippen LogP) is 2.90. The molecule has 1 amide bonds. The van der Waals surface area contributed by atoms with E-state index in [9.17, 15) is 18.0 Å². The van der Waals surface area contributed by atoms with Crippen LogP contribution in [0.5, 0.6) is 11.5 Å². The Morgan fingerprint density at radius 1 is 1.07 bits per heavy atom. The fourth-order valence-electron chi connectivity index (χ4n) is 3.18. The molecule has 160 valence electrons. The van der Waals surface area contributed by atoms with Crippen LogP contribution in [0, 0.1) is 0 Å². The van der Waals surface area contributed by atoms with E-state index in [1.165, 1.54) is 12.1 Å². The number of nitrogens with zero attached hydrogens (tertiary/aromatic N) is 2. The van der Waals surface area contributed by atoms with E-state index in [2.05, 4.69) is 4.98 Å². The smallest absolute Gasteiger partial charge is 0.419 e. The highest BCUT2D eigenvalue weighted by molar-refractivity contribution is 5.92. The fraction of sp³-hybridized carbons (Fsp3) is 0.333. The van der Waals surface area contributed by atoms with Crippen molar-refractivity contribution in [1.82, 2.24) is 4.90 Å². The molecule has 1 aliphatic rings. The molecule has 2 heterocycles. The second kappa shape index (κ2) is 9.06. The molecule has 1 aromatic carbocycles. The van der Waals surface area contributed by atoms with E-state index in [0.717, 1.165) is 17.8 Å². The normalized spacial score (nSPS) is 14.8. The molecule has 1 aromatic heterocycles. The first kappa shape index (κ1) is 21.5. The number of hydrogen-bond donors (Lipinski definition) is 0. The maximum atomic E-state index is 12.7. The van der Waals surface area contributed by atoms with Crippen LogP contribution in [-0.4, -0.2) is 51.2 Å². The molecule has 2 aromatic rings. The summed E-state index contributed by atoms with van der Waals surface area (Å²) in [7, 11) is 3.11. The lowest BCUT2D eigenvalue weighted by Crippen LogP contribution is -2.49. The summed E-state index contributed by atoms with van der Waals surface area (Å²) in [5.41, 5.74) is 0.0313. The van der Waals surface area contributed by atoms with Crippen LogP contribution in [-0.2, 0) is 11.0 Å². The Bertz CT molecular complexity index is 906. The molecule has 6 nitrogen and oxygen atoms in total. The summed E-state index contributed by atoms with van der Waals surface area (Å²) < 4.78 is 48.5. The molecule has 0 atom stereocenters. The average Bonchev–Trinajstić information content (AvgIpc) is 2.77. The summed E-state index contributed by atoms with van der Waals surface area (Å²) in [6, 6.07) is 7.79. The standard InChI is InChI=1S/C21H22F3N3O3/c1-29-17-6-3-15(18(13-17)30-2)4-8-20(28)27-11-9-26(10-12-27)19-7-5-16(14-25-19)21(22,23)24/h3-8,13-14H,9-12H2,1-2H3/p+1/b8-4+. The molecule has 1 N–H and O–H groups in total. The van der Waals surface area contributed by atoms with E-state index in [0.29, 0.717) is 43.5 Å². The van der Waals surface area contributed by atoms with Crippen molar-refractivity contribution in [1.29, 1.82) is 0 Å². The van der Waals surface area contributed by atoms with Crippen LogP contribution in [0.15, 0.2) is 42.6 Å². The third-order valence-corrected chi connectivity index (χ3v) is 4.90. The van der Waals surface area contributed by atoms with Crippen molar-refractivity contribution in [3.05, 3.63) is 53.7 Å². The molecule has 1 fully saturated rings. The molecular formula is C21H23F3N3O3+. The summed E-state index contributed by atoms with van der Waals surface area (Å²) in [6.07, 6.45) is -0.238. The largest absolute Gasteiger partial charge is 0.497 e. The first-order valence-electron chi connectivity index (χ1n) is 9.34. The fourth-order valence-corrected chi connectivity index (χ4v) is 3.18. The van der Waals surface area contributed by atoms with E-state index in [1.807, 2.05) is 4.90 Å². The number of pyridine rings is 1. The highest BCUT2D eigenvalue weighted by Crippen LogP contribution is 2.28. The van der Waals surface area contributed by atoms with Crippen molar-refractivity contribution in [2.24, 2.45) is 0 Å². The molecule has 3 rings (SSSR count). The van der Waals surface area contributed by atoms with Crippen LogP contribution in [0.3, 0.4) is 0 Å². The zero-order valence-corrected chi connectivity index (χ0v) is 16.7. The highest BCUT2D eigenvalue weighted by Gasteiger charge is 2.32. The van der Waals surface area contributed by atoms with E-state index >= 15 is 0 Å². The molecule has 0 saturated carbocycles. The van der Waals surface area contributed by atoms with Gasteiger partial charge >= 0.3 is 6.18 Å². The number of hydrogen-bond acceptors (Lipinski definition) is 4. The van der Waals surface area contributed by atoms with E-state index in [4.69, 9.17) is 9.47 Å². The number of benzene rings is 1. The molecule has 1 saturated heterocycles. The number of alkyl halides is 3. The van der Waals surface area contributed by atoms with Crippen molar-refractivity contribution in [3.8, 4) is 11.5 Å². The van der Waals surface area contributed by atoms with Gasteiger partial charge in [0.15, 0.2) is 0 Å². The molecule has 0 radical (unpaired) electrons. The number of rotatable bonds is 5. The zero-order chi connectivity index (χ0) is 21.7. The van der Waals surface area contributed by atoms with Crippen molar-refractivity contribution in [2.75, 3.05) is 45.3 Å². The van der Waals surface area contributed by atoms with Crippen LogP contribution in [0.1, 0.15) is 11.1 Å². The molecule has 0 bridgehead atoms. The lowest BCUT2D eigenvalue weighted by molar-refractivity contribution is -0.367. The molecule has 9 heteroatoms. The van der Waals surface area contributed by atoms with Gasteiger partial charge in [0.1, 0.15) is 30.8 Å². The average molecular weight is 422 g/mol. The third-order valence-electron chi connectivity index (χ3n) is 4.90. The van der Waals surface area contributed by atoms with Gasteiger partial charge < -0.3 is 14.4 Å². The number of anilines is 1. The first-order valence-corrected chi connectivity index (χ1v) is 9.34. The SMILES string of the molecule is COc1ccc(/C=C/C(=O)N2CCN(c3ccc(C(F)(F)F)c[nH+]3)CC2)c(OC)c1. The van der Waals surface area contributed by atoms with Gasteiger partial charge in [0.2, 0.25) is 5.91 Å². The van der Waals surface area contributed by atoms with Crippen LogP contribution < -0.4 is 19.4 Å². The quantitative estimate of drug-likeness (QED) is 0.696. The van der Waals surface area contributed by atoms with Gasteiger partial charge in [-0.3, -0.25) is 9.69 Å². The van der Waals surface area contributed by atoms with Gasteiger partial charge in [-0.1, -0.05) is 0 Å². The third kappa shape index (κ3) is 5.03. The van der Waals surface area contributed by atoms with Crippen LogP contribution in [0.4, 0.5) is 19.0 Å². The molecule has 0 aliphatic carbocycles. The number of carbonyl (C=O) groups is 1. The summed E-state index contributed by atoms with van der Waals surface area (Å²) in [4.78, 5) is 18.8. The topological polar surface area (TPSA) is 56.2 Å². The van der Waals surface area contributed by atoms with Crippen molar-refractivity contribution < 1.29 is 32.4 Å². The molecule has 0 spiro atoms. The second-order valence-corrected chi connectivity index (χ2v) is 6.71. The van der Waals surface area contributed by atoms with Crippen LogP contribution in [0.2, 0.25) is 0 Å². The van der Waals surface area contributed by atoms with Crippen molar-refractivity contribution >= 4 is 17.8 Å². The number of aromatic amines is 1. The Morgan fingerprint density at radius 2 is 1.80 bits per heavy atom. The number of H-pyrrole nitrogens is 1. The molecule has 30 heavy (non-hydrogen) atoms. The summed E-state index contributed by atoms with van der Waals surface area (Å²) >= 11 is 0. The van der Waals surface area contributed by atoms with E-state index < -0.39 is 11.7 Å². The molecular weight excluding hydrogens is 399 g/mol. The lowest BCUT2D eigenvalue weighted by atomic mass is 10.1. The van der Waals surface area contributed by atoms with Crippen LogP contribution in [0.25, 0.3) is 6.08 Å². The Labute approximate surface area is 172 Å². The first-order chi connectivity index (χ1) is 14.3. The number of ether oxygens (including phenoxy) is 2. The van der Waals surface area contributed by atoms with Gasteiger partial charge in [-0.15, -0.1) is 0 Å². The van der Waals surface area contributed by atoms with E-state index in [1.54, 1.807) is 43.4 Å². The van der Waals surface area contributed by atoms with Crippen LogP contribution >= 0.6 is 0 Å². The Balaban J connectivity index is 1.58. The molecule has 1 aliphatic heterocycles. The zero-order valence-electron chi connectivity index (χ0n) is 16.7. The number of nitrogens with one attached hydrogen (secondary N) is 1. The molecule has 0 unspecified atom stereocenters. The maximum Gasteiger partial charge on any atom is 0.419 e. The van der Waals surface area contributed by atoms with Gasteiger partial charge in [0, 0.05) is 23.8 Å². The number of carbonyl (C=O) groups excluding carboxylic acids is 1. The Hall–Kier alpha value is -3.23. The monoisotopic (exact) mass is 422 g/mol. The Morgan fingerprint density at radius 3 is 2.37 bits per heavy atom. The number of amides is 1. The van der Waals surface area contributed by atoms with E-state index in [-0.39, 0.29) is 5.91 Å². The maximum absolute atomic E-state index is 12.7. The van der Waals surface area contributed by atoms with Crippen molar-refractivity contribution in [3.63, 3.8) is 0 Å². The minimum atomic E-state index is -4.38. The number of piperazine rings is 1. The predicted molar refractivity (Wildman–Crippen MR) is 105 cm³/mol. The van der Waals surface area contributed by atoms with Gasteiger partial charge in [-0.2, -0.15) is 13.2 Å². The Kier molecular flexibility index (Phi) is 6.49. The summed E-state index contributed by atoms with van der Waals surface area (Å²) in [6.45, 7) is 1.98. The minimum absolute atomic E-state index is 0.135. The second-order valence-electron chi connectivity index (χ2n) is 6.71. The van der Waals surface area contributed by atoms with Gasteiger partial charge in [0.05, 0.1) is 32.9 Å². The number of aromatic nitrogens is 1. The van der Waals surface area contributed by atoms with Gasteiger partial charge in [-0.05, 0) is 24.3 Å². The van der Waals surface area contributed by atoms with Gasteiger partial charge in [0.25, 0.3) is 5.82 Å². The van der Waals surface area contributed by atoms with Crippen molar-refractivity contribution in [2.45, 2.75) is 6.18 Å². The number of methoxy groups -OCH3 is 2. The van der Waals surface area contributed by atoms with Gasteiger partial charge in [-0.25, -0.2) is 4.98 Å². The lowest BCUT2D eigenvalue weighted by Gasteiger charge is -2.30. The summed E-state index contributed by atoms with van der Waals surface area (Å²) in [5.74, 6) is 1.71. The minimum Gasteiger partial charge on any atom is -0.497 e.